The number of nitrogens with one attached hydrogen (secondary N) is 1. The highest BCUT2D eigenvalue weighted by Crippen LogP contribution is 2.24. The Balaban J connectivity index is 2.29. The molecule has 0 aliphatic rings. The molecule has 1 heterocycles. The molecule has 1 rings (SSSR count). The van der Waals surface area contributed by atoms with Gasteiger partial charge in [0.1, 0.15) is 5.01 Å². The molecule has 0 radical (unpaired) electrons. The number of aromatic nitrogens is 1. The zero-order valence-electron chi connectivity index (χ0n) is 11.1. The Kier molecular flexibility index (Phi) is 4.93. The summed E-state index contributed by atoms with van der Waals surface area (Å²) in [5, 5.41) is 6.81. The minimum atomic E-state index is 0.375. The maximum Gasteiger partial charge on any atom is 0.107 e. The van der Waals surface area contributed by atoms with E-state index in [9.17, 15) is 0 Å². The lowest BCUT2D eigenvalue weighted by Gasteiger charge is -2.26. The first kappa shape index (κ1) is 13.7. The quantitative estimate of drug-likeness (QED) is 0.821. The Morgan fingerprint density at radius 1 is 1.44 bits per heavy atom. The molecule has 0 spiro atoms. The molecule has 0 aliphatic heterocycles. The molecule has 1 aromatic rings. The first-order valence-corrected chi connectivity index (χ1v) is 6.89. The summed E-state index contributed by atoms with van der Waals surface area (Å²) >= 11 is 1.74. The first-order valence-electron chi connectivity index (χ1n) is 6.01. The van der Waals surface area contributed by atoms with Crippen molar-refractivity contribution in [2.45, 2.75) is 47.6 Å². The molecular formula is C13H24N2S. The minimum absolute atomic E-state index is 0.375. The molecule has 0 saturated heterocycles. The lowest BCUT2D eigenvalue weighted by Crippen LogP contribution is -2.30. The van der Waals surface area contributed by atoms with Gasteiger partial charge in [-0.05, 0) is 24.7 Å². The fraction of sp³-hybridized carbons (Fsp3) is 0.769. The van der Waals surface area contributed by atoms with Crippen LogP contribution in [0.4, 0.5) is 0 Å². The molecule has 1 aromatic heterocycles. The highest BCUT2D eigenvalue weighted by atomic mass is 32.1. The lowest BCUT2D eigenvalue weighted by atomic mass is 9.84. The monoisotopic (exact) mass is 240 g/mol. The van der Waals surface area contributed by atoms with E-state index in [1.807, 2.05) is 6.92 Å². The summed E-state index contributed by atoms with van der Waals surface area (Å²) < 4.78 is 0. The van der Waals surface area contributed by atoms with Crippen LogP contribution in [0.2, 0.25) is 0 Å². The van der Waals surface area contributed by atoms with Crippen molar-refractivity contribution in [2.24, 2.45) is 11.3 Å². The molecule has 1 N–H and O–H groups in total. The van der Waals surface area contributed by atoms with Crippen molar-refractivity contribution in [2.75, 3.05) is 6.54 Å². The maximum absolute atomic E-state index is 4.45. The number of hydrogen-bond acceptors (Lipinski definition) is 3. The SMILES string of the molecule is Cc1csc(CNCC(C)(C)CC(C)C)n1. The Morgan fingerprint density at radius 2 is 2.12 bits per heavy atom. The van der Waals surface area contributed by atoms with Crippen LogP contribution in [0.15, 0.2) is 5.38 Å². The first-order chi connectivity index (χ1) is 7.39. The Morgan fingerprint density at radius 3 is 2.62 bits per heavy atom. The average molecular weight is 240 g/mol. The molecule has 3 heteroatoms. The fourth-order valence-electron chi connectivity index (χ4n) is 2.17. The van der Waals surface area contributed by atoms with Gasteiger partial charge in [-0.15, -0.1) is 11.3 Å². The van der Waals surface area contributed by atoms with Gasteiger partial charge in [0.05, 0.1) is 0 Å². The van der Waals surface area contributed by atoms with Gasteiger partial charge in [-0.25, -0.2) is 4.98 Å². The van der Waals surface area contributed by atoms with Crippen molar-refractivity contribution in [3.63, 3.8) is 0 Å². The van der Waals surface area contributed by atoms with E-state index in [2.05, 4.69) is 43.4 Å². The van der Waals surface area contributed by atoms with Crippen LogP contribution in [-0.2, 0) is 6.54 Å². The molecule has 0 atom stereocenters. The van der Waals surface area contributed by atoms with E-state index < -0.39 is 0 Å². The Labute approximate surface area is 103 Å². The summed E-state index contributed by atoms with van der Waals surface area (Å²) in [5.41, 5.74) is 1.50. The summed E-state index contributed by atoms with van der Waals surface area (Å²) in [5.74, 6) is 0.763. The van der Waals surface area contributed by atoms with E-state index in [0.29, 0.717) is 5.41 Å². The van der Waals surface area contributed by atoms with Crippen molar-refractivity contribution in [3.05, 3.63) is 16.1 Å². The van der Waals surface area contributed by atoms with Crippen molar-refractivity contribution < 1.29 is 0 Å². The number of rotatable bonds is 6. The van der Waals surface area contributed by atoms with Crippen LogP contribution < -0.4 is 5.32 Å². The molecule has 0 saturated carbocycles. The van der Waals surface area contributed by atoms with Crippen LogP contribution in [-0.4, -0.2) is 11.5 Å². The molecule has 0 unspecified atom stereocenters. The van der Waals surface area contributed by atoms with Crippen LogP contribution in [0.1, 0.15) is 44.8 Å². The van der Waals surface area contributed by atoms with E-state index >= 15 is 0 Å². The zero-order chi connectivity index (χ0) is 12.2. The van der Waals surface area contributed by atoms with Crippen molar-refractivity contribution in [3.8, 4) is 0 Å². The predicted molar refractivity (Wildman–Crippen MR) is 71.8 cm³/mol. The van der Waals surface area contributed by atoms with Crippen LogP contribution in [0.3, 0.4) is 0 Å². The summed E-state index contributed by atoms with van der Waals surface area (Å²) in [6.07, 6.45) is 1.26. The third-order valence-electron chi connectivity index (χ3n) is 2.51. The highest BCUT2D eigenvalue weighted by molar-refractivity contribution is 7.09. The Bertz CT molecular complexity index is 315. The number of hydrogen-bond donors (Lipinski definition) is 1. The highest BCUT2D eigenvalue weighted by Gasteiger charge is 2.18. The van der Waals surface area contributed by atoms with Gasteiger partial charge in [0, 0.05) is 24.2 Å². The molecule has 2 nitrogen and oxygen atoms in total. The van der Waals surface area contributed by atoms with Crippen LogP contribution >= 0.6 is 11.3 Å². The van der Waals surface area contributed by atoms with Crippen LogP contribution in [0.25, 0.3) is 0 Å². The molecule has 0 aliphatic carbocycles. The smallest absolute Gasteiger partial charge is 0.107 e. The van der Waals surface area contributed by atoms with Crippen LogP contribution in [0.5, 0.6) is 0 Å². The minimum Gasteiger partial charge on any atom is -0.310 e. The topological polar surface area (TPSA) is 24.9 Å². The second-order valence-corrected chi connectivity index (χ2v) is 6.69. The number of nitrogens with zero attached hydrogens (tertiary/aromatic N) is 1. The fourth-order valence-corrected chi connectivity index (χ4v) is 2.91. The molecule has 92 valence electrons. The number of aryl methyl sites for hydroxylation is 1. The summed E-state index contributed by atoms with van der Waals surface area (Å²) in [4.78, 5) is 4.45. The van der Waals surface area contributed by atoms with E-state index in [1.165, 1.54) is 11.4 Å². The lowest BCUT2D eigenvalue weighted by molar-refractivity contribution is 0.273. The van der Waals surface area contributed by atoms with Gasteiger partial charge >= 0.3 is 0 Å². The van der Waals surface area contributed by atoms with Gasteiger partial charge in [-0.3, -0.25) is 0 Å². The summed E-state index contributed by atoms with van der Waals surface area (Å²) in [7, 11) is 0. The van der Waals surface area contributed by atoms with Crippen molar-refractivity contribution in [1.29, 1.82) is 0 Å². The summed E-state index contributed by atoms with van der Waals surface area (Å²) in [6.45, 7) is 13.2. The predicted octanol–water partition coefficient (Wildman–Crippen LogP) is 3.61. The molecular weight excluding hydrogens is 216 g/mol. The van der Waals surface area contributed by atoms with E-state index in [0.717, 1.165) is 24.7 Å². The largest absolute Gasteiger partial charge is 0.310 e. The van der Waals surface area contributed by atoms with E-state index in [-0.39, 0.29) is 0 Å². The standard InChI is InChI=1S/C13H24N2S/c1-10(2)6-13(4,5)9-14-7-12-15-11(3)8-16-12/h8,10,14H,6-7,9H2,1-5H3. The molecule has 16 heavy (non-hydrogen) atoms. The van der Waals surface area contributed by atoms with Crippen molar-refractivity contribution >= 4 is 11.3 Å². The second-order valence-electron chi connectivity index (χ2n) is 5.75. The van der Waals surface area contributed by atoms with Gasteiger partial charge in [-0.2, -0.15) is 0 Å². The normalized spacial score (nSPS) is 12.4. The average Bonchev–Trinajstić information content (AvgIpc) is 2.48. The third-order valence-corrected chi connectivity index (χ3v) is 3.47. The number of thiazole rings is 1. The van der Waals surface area contributed by atoms with Gasteiger partial charge in [0.25, 0.3) is 0 Å². The van der Waals surface area contributed by atoms with Gasteiger partial charge in [-0.1, -0.05) is 27.7 Å². The molecule has 0 aromatic carbocycles. The molecule has 0 amide bonds. The van der Waals surface area contributed by atoms with Crippen molar-refractivity contribution in [1.82, 2.24) is 10.3 Å². The maximum atomic E-state index is 4.45. The van der Waals surface area contributed by atoms with E-state index in [1.54, 1.807) is 11.3 Å². The van der Waals surface area contributed by atoms with Gasteiger partial charge in [0.2, 0.25) is 0 Å². The molecule has 0 bridgehead atoms. The zero-order valence-corrected chi connectivity index (χ0v) is 11.9. The van der Waals surface area contributed by atoms with Gasteiger partial charge in [0.15, 0.2) is 0 Å². The second kappa shape index (κ2) is 5.78. The van der Waals surface area contributed by atoms with Gasteiger partial charge < -0.3 is 5.32 Å². The summed E-state index contributed by atoms with van der Waals surface area (Å²) in [6, 6.07) is 0. The molecule has 0 fully saturated rings. The van der Waals surface area contributed by atoms with E-state index in [4.69, 9.17) is 0 Å². The third kappa shape index (κ3) is 5.08. The Hall–Kier alpha value is -0.410. The van der Waals surface area contributed by atoms with Crippen LogP contribution in [0, 0.1) is 18.3 Å².